The molecule has 0 unspecified atom stereocenters. The summed E-state index contributed by atoms with van der Waals surface area (Å²) in [6.45, 7) is 9.46. The van der Waals surface area contributed by atoms with Gasteiger partial charge in [0, 0.05) is 5.56 Å². The monoisotopic (exact) mass is 455 g/mol. The smallest absolute Gasteiger partial charge is 0.334 e. The van der Waals surface area contributed by atoms with Crippen LogP contribution in [0.4, 0.5) is 0 Å². The molecule has 2 aliphatic rings. The quantitative estimate of drug-likeness (QED) is 0.200. The predicted molar refractivity (Wildman–Crippen MR) is 148 cm³/mol. The number of fused-ring (bicyclic) bond motifs is 4. The van der Waals surface area contributed by atoms with E-state index in [0.717, 1.165) is 11.2 Å². The zero-order chi connectivity index (χ0) is 24.0. The van der Waals surface area contributed by atoms with Gasteiger partial charge in [-0.15, -0.1) is 0 Å². The van der Waals surface area contributed by atoms with Crippen LogP contribution in [0.25, 0.3) is 43.7 Å². The van der Waals surface area contributed by atoms with Crippen molar-refractivity contribution in [1.29, 1.82) is 0 Å². The minimum Gasteiger partial charge on any atom is -0.425 e. The molecule has 2 heterocycles. The van der Waals surface area contributed by atoms with Crippen LogP contribution in [0.5, 0.6) is 0 Å². The average molecular weight is 455 g/mol. The molecule has 3 heteroatoms. The van der Waals surface area contributed by atoms with Gasteiger partial charge in [-0.1, -0.05) is 93.4 Å². The van der Waals surface area contributed by atoms with E-state index in [9.17, 15) is 0 Å². The van der Waals surface area contributed by atoms with Gasteiger partial charge in [0.2, 0.25) is 0 Å². The Bertz CT molecular complexity index is 1650. The van der Waals surface area contributed by atoms with Crippen molar-refractivity contribution < 1.29 is 4.65 Å². The third-order valence-corrected chi connectivity index (χ3v) is 9.51. The molecule has 0 N–H and O–H groups in total. The van der Waals surface area contributed by atoms with Gasteiger partial charge in [0.25, 0.3) is 0 Å². The van der Waals surface area contributed by atoms with Crippen LogP contribution in [-0.4, -0.2) is 17.5 Å². The van der Waals surface area contributed by atoms with Crippen LogP contribution in [0.1, 0.15) is 40.5 Å². The van der Waals surface area contributed by atoms with E-state index < -0.39 is 0 Å². The second-order valence-electron chi connectivity index (χ2n) is 11.6. The first kappa shape index (κ1) is 21.1. The van der Waals surface area contributed by atoms with E-state index in [1.807, 2.05) is 0 Å². The SMILES string of the molecule is CC1(C)OB(c2ccc3nc(-c4cc5ccccc5c5ccccc45)ccc3c2)C2(CC2)C1(C)C. The van der Waals surface area contributed by atoms with Crippen molar-refractivity contribution in [3.05, 3.63) is 84.9 Å². The highest BCUT2D eigenvalue weighted by Crippen LogP contribution is 2.75. The summed E-state index contributed by atoms with van der Waals surface area (Å²) in [5.41, 5.74) is 4.54. The van der Waals surface area contributed by atoms with Crippen molar-refractivity contribution in [1.82, 2.24) is 4.98 Å². The van der Waals surface area contributed by atoms with Crippen LogP contribution in [0.15, 0.2) is 84.9 Å². The second-order valence-corrected chi connectivity index (χ2v) is 11.6. The molecular weight excluding hydrogens is 425 g/mol. The van der Waals surface area contributed by atoms with E-state index in [2.05, 4.69) is 113 Å². The first-order valence-corrected chi connectivity index (χ1v) is 12.8. The molecule has 1 aliphatic carbocycles. The Morgan fingerprint density at radius 2 is 1.43 bits per heavy atom. The maximum Gasteiger partial charge on any atom is 0.334 e. The Morgan fingerprint density at radius 1 is 0.714 bits per heavy atom. The van der Waals surface area contributed by atoms with Gasteiger partial charge < -0.3 is 4.65 Å². The predicted octanol–water partition coefficient (Wildman–Crippen LogP) is 7.78. The van der Waals surface area contributed by atoms with Crippen LogP contribution in [-0.2, 0) is 4.65 Å². The molecule has 1 spiro atoms. The van der Waals surface area contributed by atoms with Gasteiger partial charge in [0.05, 0.1) is 16.8 Å². The molecule has 0 radical (unpaired) electrons. The lowest BCUT2D eigenvalue weighted by molar-refractivity contribution is 0.0248. The lowest BCUT2D eigenvalue weighted by atomic mass is 9.43. The topological polar surface area (TPSA) is 22.1 Å². The second kappa shape index (κ2) is 6.95. The summed E-state index contributed by atoms with van der Waals surface area (Å²) in [6.07, 6.45) is 2.50. The van der Waals surface area contributed by atoms with E-state index in [1.165, 1.54) is 50.8 Å². The van der Waals surface area contributed by atoms with Crippen molar-refractivity contribution in [3.63, 3.8) is 0 Å². The highest BCUT2D eigenvalue weighted by molar-refractivity contribution is 6.72. The van der Waals surface area contributed by atoms with Crippen LogP contribution in [0, 0.1) is 5.41 Å². The van der Waals surface area contributed by atoms with Crippen molar-refractivity contribution >= 4 is 44.8 Å². The van der Waals surface area contributed by atoms with Gasteiger partial charge in [-0.3, -0.25) is 0 Å². The molecule has 172 valence electrons. The Hall–Kier alpha value is -3.17. The minimum absolute atomic E-state index is 0.137. The molecule has 1 saturated carbocycles. The van der Waals surface area contributed by atoms with Crippen LogP contribution >= 0.6 is 0 Å². The fraction of sp³-hybridized carbons (Fsp3) is 0.281. The Balaban J connectivity index is 1.34. The standard InChI is InChI=1S/C32H30BNO/c1-30(2)31(3,4)35-33(32(30)17-18-32)23-14-16-28-22(19-23)13-15-29(34-28)27-20-21-9-5-6-10-24(21)25-11-7-8-12-26(25)27/h5-16,19-20H,17-18H2,1-4H3. The number of hydrogen-bond acceptors (Lipinski definition) is 2. The number of rotatable bonds is 2. The molecular formula is C32H30BNO. The lowest BCUT2D eigenvalue weighted by Crippen LogP contribution is -2.37. The molecule has 1 aliphatic heterocycles. The van der Waals surface area contributed by atoms with Crippen LogP contribution in [0.3, 0.4) is 0 Å². The summed E-state index contributed by atoms with van der Waals surface area (Å²) < 4.78 is 6.74. The fourth-order valence-electron chi connectivity index (χ4n) is 6.61. The van der Waals surface area contributed by atoms with Crippen LogP contribution < -0.4 is 5.46 Å². The van der Waals surface area contributed by atoms with E-state index in [-0.39, 0.29) is 23.2 Å². The van der Waals surface area contributed by atoms with Gasteiger partial charge in [-0.05, 0) is 75.2 Å². The van der Waals surface area contributed by atoms with Gasteiger partial charge in [-0.25, -0.2) is 4.98 Å². The Kier molecular flexibility index (Phi) is 4.20. The summed E-state index contributed by atoms with van der Waals surface area (Å²) in [7, 11) is 0. The normalized spacial score (nSPS) is 19.7. The molecule has 0 amide bonds. The summed E-state index contributed by atoms with van der Waals surface area (Å²) in [5.74, 6) is 0. The maximum absolute atomic E-state index is 6.74. The molecule has 7 rings (SSSR count). The number of benzene rings is 4. The highest BCUT2D eigenvalue weighted by Gasteiger charge is 2.72. The lowest BCUT2D eigenvalue weighted by Gasteiger charge is -2.38. The van der Waals surface area contributed by atoms with Gasteiger partial charge in [-0.2, -0.15) is 0 Å². The number of hydrogen-bond donors (Lipinski definition) is 0. The molecule has 0 atom stereocenters. The molecule has 4 aromatic carbocycles. The zero-order valence-corrected chi connectivity index (χ0v) is 20.9. The average Bonchev–Trinajstić information content (AvgIpc) is 3.66. The Morgan fingerprint density at radius 3 is 2.20 bits per heavy atom. The van der Waals surface area contributed by atoms with E-state index >= 15 is 0 Å². The molecule has 5 aromatic rings. The molecule has 1 aromatic heterocycles. The number of pyridine rings is 1. The highest BCUT2D eigenvalue weighted by atomic mass is 16.5. The summed E-state index contributed by atoms with van der Waals surface area (Å²) in [5, 5.41) is 6.48. The number of aromatic nitrogens is 1. The summed E-state index contributed by atoms with van der Waals surface area (Å²) >= 11 is 0. The third-order valence-electron chi connectivity index (χ3n) is 9.51. The van der Waals surface area contributed by atoms with Crippen molar-refractivity contribution in [2.45, 2.75) is 51.5 Å². The van der Waals surface area contributed by atoms with Crippen molar-refractivity contribution in [3.8, 4) is 11.3 Å². The molecule has 35 heavy (non-hydrogen) atoms. The third kappa shape index (κ3) is 2.85. The van der Waals surface area contributed by atoms with E-state index in [1.54, 1.807) is 0 Å². The minimum atomic E-state index is -0.137. The molecule has 1 saturated heterocycles. The summed E-state index contributed by atoms with van der Waals surface area (Å²) in [4.78, 5) is 5.14. The zero-order valence-electron chi connectivity index (χ0n) is 20.9. The summed E-state index contributed by atoms with van der Waals surface area (Å²) in [6, 6.07) is 30.7. The molecule has 2 nitrogen and oxygen atoms in total. The molecule has 0 bridgehead atoms. The van der Waals surface area contributed by atoms with Crippen LogP contribution in [0.2, 0.25) is 5.31 Å². The van der Waals surface area contributed by atoms with Gasteiger partial charge in [0.1, 0.15) is 0 Å². The fourth-order valence-corrected chi connectivity index (χ4v) is 6.61. The van der Waals surface area contributed by atoms with Gasteiger partial charge >= 0.3 is 6.92 Å². The maximum atomic E-state index is 6.74. The molecule has 2 fully saturated rings. The van der Waals surface area contributed by atoms with Gasteiger partial charge in [0.15, 0.2) is 0 Å². The van der Waals surface area contributed by atoms with E-state index in [4.69, 9.17) is 9.64 Å². The van der Waals surface area contributed by atoms with E-state index in [0.29, 0.717) is 0 Å². The van der Waals surface area contributed by atoms with Crippen molar-refractivity contribution in [2.24, 2.45) is 5.41 Å². The first-order valence-electron chi connectivity index (χ1n) is 12.8. The first-order chi connectivity index (χ1) is 16.8. The van der Waals surface area contributed by atoms with Crippen molar-refractivity contribution in [2.75, 3.05) is 0 Å². The largest absolute Gasteiger partial charge is 0.425 e. The number of nitrogens with zero attached hydrogens (tertiary/aromatic N) is 1. The Labute approximate surface area is 207 Å².